The van der Waals surface area contributed by atoms with Crippen LogP contribution >= 0.6 is 11.6 Å². The molecule has 1 atom stereocenters. The van der Waals surface area contributed by atoms with Crippen molar-refractivity contribution in [3.05, 3.63) is 29.3 Å². The molecule has 2 rings (SSSR count). The molecule has 0 aromatic heterocycles. The number of nitrogens with one attached hydrogen (secondary N) is 1. The molecule has 1 unspecified atom stereocenters. The molecule has 0 fully saturated rings. The predicted octanol–water partition coefficient (Wildman–Crippen LogP) is 2.96. The summed E-state index contributed by atoms with van der Waals surface area (Å²) in [5.41, 5.74) is 3.99. The number of hydrogen-bond donors (Lipinski definition) is 1. The molecular formula is C11H14ClN. The first-order valence-electron chi connectivity index (χ1n) is 4.73. The SMILES string of the molecule is Cc1ccc2c(c1)CCC(Cl)CN2. The lowest BCUT2D eigenvalue weighted by molar-refractivity contribution is 0.794. The van der Waals surface area contributed by atoms with Crippen LogP contribution in [0.15, 0.2) is 18.2 Å². The quantitative estimate of drug-likeness (QED) is 0.628. The minimum Gasteiger partial charge on any atom is -0.383 e. The minimum absolute atomic E-state index is 0.271. The Labute approximate surface area is 84.1 Å². The molecule has 1 aliphatic heterocycles. The second-order valence-corrected chi connectivity index (χ2v) is 4.29. The highest BCUT2D eigenvalue weighted by molar-refractivity contribution is 6.21. The molecule has 1 aromatic rings. The first-order valence-corrected chi connectivity index (χ1v) is 5.17. The molecule has 70 valence electrons. The van der Waals surface area contributed by atoms with Gasteiger partial charge in [0.15, 0.2) is 0 Å². The number of fused-ring (bicyclic) bond motifs is 1. The number of alkyl halides is 1. The number of hydrogen-bond acceptors (Lipinski definition) is 1. The minimum atomic E-state index is 0.271. The first-order chi connectivity index (χ1) is 6.25. The zero-order valence-electron chi connectivity index (χ0n) is 7.81. The van der Waals surface area contributed by atoms with Crippen LogP contribution in [0.3, 0.4) is 0 Å². The van der Waals surface area contributed by atoms with E-state index in [-0.39, 0.29) is 5.38 Å². The predicted molar refractivity (Wildman–Crippen MR) is 57.6 cm³/mol. The molecule has 0 bridgehead atoms. The molecule has 0 saturated carbocycles. The zero-order valence-corrected chi connectivity index (χ0v) is 8.56. The van der Waals surface area contributed by atoms with E-state index in [0.29, 0.717) is 0 Å². The number of halogens is 1. The maximum Gasteiger partial charge on any atom is 0.0511 e. The van der Waals surface area contributed by atoms with Crippen LogP contribution in [0.2, 0.25) is 0 Å². The Bertz CT molecular complexity index is 309. The van der Waals surface area contributed by atoms with Gasteiger partial charge in [-0.25, -0.2) is 0 Å². The number of rotatable bonds is 0. The van der Waals surface area contributed by atoms with Crippen LogP contribution in [0.4, 0.5) is 5.69 Å². The topological polar surface area (TPSA) is 12.0 Å². The van der Waals surface area contributed by atoms with Crippen molar-refractivity contribution >= 4 is 17.3 Å². The summed E-state index contributed by atoms with van der Waals surface area (Å²) in [6.45, 7) is 3.01. The van der Waals surface area contributed by atoms with E-state index in [1.165, 1.54) is 16.8 Å². The van der Waals surface area contributed by atoms with E-state index in [1.807, 2.05) is 0 Å². The van der Waals surface area contributed by atoms with E-state index in [0.717, 1.165) is 19.4 Å². The zero-order chi connectivity index (χ0) is 9.26. The van der Waals surface area contributed by atoms with E-state index >= 15 is 0 Å². The Morgan fingerprint density at radius 2 is 2.31 bits per heavy atom. The molecule has 13 heavy (non-hydrogen) atoms. The third-order valence-electron chi connectivity index (χ3n) is 2.50. The van der Waals surface area contributed by atoms with E-state index in [2.05, 4.69) is 30.4 Å². The van der Waals surface area contributed by atoms with Gasteiger partial charge in [-0.3, -0.25) is 0 Å². The second-order valence-electron chi connectivity index (χ2n) is 3.68. The lowest BCUT2D eigenvalue weighted by Gasteiger charge is -2.07. The van der Waals surface area contributed by atoms with Crippen LogP contribution in [-0.2, 0) is 6.42 Å². The molecule has 1 heterocycles. The van der Waals surface area contributed by atoms with Crippen molar-refractivity contribution < 1.29 is 0 Å². The summed E-state index contributed by atoms with van der Waals surface area (Å²) in [5.74, 6) is 0. The lowest BCUT2D eigenvalue weighted by atomic mass is 10.1. The Kier molecular flexibility index (Phi) is 2.45. The van der Waals surface area contributed by atoms with Crippen LogP contribution < -0.4 is 5.32 Å². The summed E-state index contributed by atoms with van der Waals surface area (Å²) in [4.78, 5) is 0. The third-order valence-corrected chi connectivity index (χ3v) is 2.87. The van der Waals surface area contributed by atoms with Gasteiger partial charge in [0, 0.05) is 12.2 Å². The summed E-state index contributed by atoms with van der Waals surface area (Å²) >= 11 is 6.09. The molecule has 0 saturated heterocycles. The fourth-order valence-electron chi connectivity index (χ4n) is 1.74. The van der Waals surface area contributed by atoms with Crippen LogP contribution in [0.5, 0.6) is 0 Å². The van der Waals surface area contributed by atoms with Crippen molar-refractivity contribution in [1.82, 2.24) is 0 Å². The molecule has 1 N–H and O–H groups in total. The van der Waals surface area contributed by atoms with Gasteiger partial charge in [0.25, 0.3) is 0 Å². The van der Waals surface area contributed by atoms with Crippen molar-refractivity contribution in [1.29, 1.82) is 0 Å². The largest absolute Gasteiger partial charge is 0.383 e. The summed E-state index contributed by atoms with van der Waals surface area (Å²) < 4.78 is 0. The van der Waals surface area contributed by atoms with Crippen molar-refractivity contribution in [2.24, 2.45) is 0 Å². The smallest absolute Gasteiger partial charge is 0.0511 e. The van der Waals surface area contributed by atoms with Crippen LogP contribution in [0, 0.1) is 6.92 Å². The molecule has 1 aliphatic rings. The Hall–Kier alpha value is -0.690. The fourth-order valence-corrected chi connectivity index (χ4v) is 1.92. The van der Waals surface area contributed by atoms with E-state index in [4.69, 9.17) is 11.6 Å². The van der Waals surface area contributed by atoms with Gasteiger partial charge in [-0.2, -0.15) is 0 Å². The monoisotopic (exact) mass is 195 g/mol. The Balaban J connectivity index is 2.30. The normalized spacial score (nSPS) is 21.5. The van der Waals surface area contributed by atoms with Gasteiger partial charge in [0.1, 0.15) is 0 Å². The average molecular weight is 196 g/mol. The van der Waals surface area contributed by atoms with E-state index < -0.39 is 0 Å². The van der Waals surface area contributed by atoms with Gasteiger partial charge in [0.2, 0.25) is 0 Å². The summed E-state index contributed by atoms with van der Waals surface area (Å²) in [6.07, 6.45) is 2.17. The molecule has 0 amide bonds. The summed E-state index contributed by atoms with van der Waals surface area (Å²) in [6, 6.07) is 6.54. The van der Waals surface area contributed by atoms with Gasteiger partial charge in [0.05, 0.1) is 5.38 Å². The molecule has 2 heteroatoms. The molecule has 1 nitrogen and oxygen atoms in total. The highest BCUT2D eigenvalue weighted by atomic mass is 35.5. The molecular weight excluding hydrogens is 182 g/mol. The third kappa shape index (κ3) is 1.97. The van der Waals surface area contributed by atoms with Crippen LogP contribution in [-0.4, -0.2) is 11.9 Å². The van der Waals surface area contributed by atoms with Crippen LogP contribution in [0.25, 0.3) is 0 Å². The maximum absolute atomic E-state index is 6.09. The Morgan fingerprint density at radius 3 is 3.15 bits per heavy atom. The van der Waals surface area contributed by atoms with Crippen molar-refractivity contribution in [2.75, 3.05) is 11.9 Å². The second kappa shape index (κ2) is 3.59. The maximum atomic E-state index is 6.09. The Morgan fingerprint density at radius 1 is 1.46 bits per heavy atom. The van der Waals surface area contributed by atoms with Crippen LogP contribution in [0.1, 0.15) is 17.5 Å². The van der Waals surface area contributed by atoms with Crippen molar-refractivity contribution in [3.63, 3.8) is 0 Å². The molecule has 1 aromatic carbocycles. The summed E-state index contributed by atoms with van der Waals surface area (Å²) in [5, 5.41) is 3.64. The average Bonchev–Trinajstić information content (AvgIpc) is 2.29. The number of benzene rings is 1. The van der Waals surface area contributed by atoms with E-state index in [1.54, 1.807) is 0 Å². The van der Waals surface area contributed by atoms with Crippen molar-refractivity contribution in [2.45, 2.75) is 25.1 Å². The van der Waals surface area contributed by atoms with Crippen molar-refractivity contribution in [3.8, 4) is 0 Å². The molecule has 0 spiro atoms. The first kappa shape index (κ1) is 8.89. The number of anilines is 1. The fraction of sp³-hybridized carbons (Fsp3) is 0.455. The van der Waals surface area contributed by atoms with Gasteiger partial charge in [-0.15, -0.1) is 11.6 Å². The van der Waals surface area contributed by atoms with Gasteiger partial charge in [-0.1, -0.05) is 17.7 Å². The highest BCUT2D eigenvalue weighted by Gasteiger charge is 2.12. The lowest BCUT2D eigenvalue weighted by Crippen LogP contribution is -2.11. The number of aryl methyl sites for hydroxylation is 2. The molecule has 0 radical (unpaired) electrons. The molecule has 0 aliphatic carbocycles. The van der Waals surface area contributed by atoms with Gasteiger partial charge >= 0.3 is 0 Å². The standard InChI is InChI=1S/C11H14ClN/c1-8-2-5-11-9(6-8)3-4-10(12)7-13-11/h2,5-6,10,13H,3-4,7H2,1H3. The van der Waals surface area contributed by atoms with E-state index in [9.17, 15) is 0 Å². The summed E-state index contributed by atoms with van der Waals surface area (Å²) in [7, 11) is 0. The van der Waals surface area contributed by atoms with Gasteiger partial charge < -0.3 is 5.32 Å². The van der Waals surface area contributed by atoms with Gasteiger partial charge in [-0.05, 0) is 31.4 Å². The highest BCUT2D eigenvalue weighted by Crippen LogP contribution is 2.23.